The molecule has 1 atom stereocenters. The maximum Gasteiger partial charge on any atom is 0.272 e. The van der Waals surface area contributed by atoms with Crippen molar-refractivity contribution in [3.05, 3.63) is 88.8 Å². The molecule has 202 valence electrons. The van der Waals surface area contributed by atoms with Crippen molar-refractivity contribution in [3.8, 4) is 5.82 Å². The summed E-state index contributed by atoms with van der Waals surface area (Å²) in [6.45, 7) is 3.86. The van der Waals surface area contributed by atoms with Gasteiger partial charge in [0.2, 0.25) is 5.95 Å². The number of aryl methyl sites for hydroxylation is 1. The molecule has 3 N–H and O–H groups in total. The van der Waals surface area contributed by atoms with Crippen molar-refractivity contribution in [1.82, 2.24) is 24.8 Å². The quantitative estimate of drug-likeness (QED) is 0.303. The van der Waals surface area contributed by atoms with Gasteiger partial charge in [-0.05, 0) is 42.8 Å². The Hall–Kier alpha value is -4.06. The number of ether oxygens (including phenoxy) is 1. The molecular formula is C27H27ClFN7O3. The second kappa shape index (κ2) is 11.8. The number of hydrogen-bond donors (Lipinski definition) is 3. The predicted molar refractivity (Wildman–Crippen MR) is 145 cm³/mol. The zero-order valence-electron chi connectivity index (χ0n) is 21.1. The zero-order chi connectivity index (χ0) is 27.4. The fraction of sp³-hybridized carbons (Fsp3) is 0.259. The highest BCUT2D eigenvalue weighted by Gasteiger charge is 2.19. The van der Waals surface area contributed by atoms with Crippen LogP contribution in [0.3, 0.4) is 0 Å². The van der Waals surface area contributed by atoms with E-state index in [2.05, 4.69) is 25.6 Å². The smallest absolute Gasteiger partial charge is 0.272 e. The summed E-state index contributed by atoms with van der Waals surface area (Å²) in [6, 6.07) is 11.0. The van der Waals surface area contributed by atoms with E-state index in [1.165, 1.54) is 12.4 Å². The van der Waals surface area contributed by atoms with E-state index in [0.29, 0.717) is 60.0 Å². The second-order valence-corrected chi connectivity index (χ2v) is 9.46. The molecule has 2 aromatic carbocycles. The fourth-order valence-electron chi connectivity index (χ4n) is 4.27. The van der Waals surface area contributed by atoms with Crippen LogP contribution in [0.5, 0.6) is 0 Å². The number of morpholine rings is 1. The minimum Gasteiger partial charge on any atom is -0.394 e. The van der Waals surface area contributed by atoms with Gasteiger partial charge in [-0.15, -0.1) is 0 Å². The van der Waals surface area contributed by atoms with Crippen LogP contribution in [0, 0.1) is 12.7 Å². The van der Waals surface area contributed by atoms with Gasteiger partial charge in [-0.25, -0.2) is 14.4 Å². The van der Waals surface area contributed by atoms with Crippen molar-refractivity contribution < 1.29 is 19.0 Å². The third-order valence-electron chi connectivity index (χ3n) is 6.30. The lowest BCUT2D eigenvalue weighted by molar-refractivity contribution is 0.0911. The number of nitrogens with one attached hydrogen (secondary N) is 2. The van der Waals surface area contributed by atoms with Crippen LogP contribution < -0.4 is 15.5 Å². The second-order valence-electron chi connectivity index (χ2n) is 9.02. The summed E-state index contributed by atoms with van der Waals surface area (Å²) in [5.41, 5.74) is 2.70. The molecule has 1 amide bonds. The first kappa shape index (κ1) is 26.5. The monoisotopic (exact) mass is 551 g/mol. The van der Waals surface area contributed by atoms with Crippen LogP contribution in [0.15, 0.2) is 61.2 Å². The van der Waals surface area contributed by atoms with E-state index < -0.39 is 11.9 Å². The molecule has 1 aliphatic rings. The Morgan fingerprint density at radius 3 is 2.79 bits per heavy atom. The van der Waals surface area contributed by atoms with Gasteiger partial charge < -0.3 is 25.4 Å². The Morgan fingerprint density at radius 2 is 2.03 bits per heavy atom. The maximum atomic E-state index is 14.5. The van der Waals surface area contributed by atoms with E-state index in [1.807, 2.05) is 11.8 Å². The van der Waals surface area contributed by atoms with Gasteiger partial charge in [-0.2, -0.15) is 4.98 Å². The van der Waals surface area contributed by atoms with Gasteiger partial charge in [0.05, 0.1) is 31.5 Å². The SMILES string of the molecule is Cc1cnc(Nc2ccc(F)c(N3CCOCC3)c2)nc1-n1cnc(C(=O)NC(CO)c2cccc(Cl)c2)c1. The largest absolute Gasteiger partial charge is 0.394 e. The van der Waals surface area contributed by atoms with Crippen molar-refractivity contribution in [1.29, 1.82) is 0 Å². The molecule has 1 fully saturated rings. The number of aliphatic hydroxyl groups excluding tert-OH is 1. The molecule has 1 saturated heterocycles. The van der Waals surface area contributed by atoms with Gasteiger partial charge in [-0.1, -0.05) is 23.7 Å². The molecule has 39 heavy (non-hydrogen) atoms. The molecule has 2 aromatic heterocycles. The number of halogens is 2. The topological polar surface area (TPSA) is 117 Å². The van der Waals surface area contributed by atoms with Crippen molar-refractivity contribution in [3.63, 3.8) is 0 Å². The molecule has 4 aromatic rings. The number of aliphatic hydroxyl groups is 1. The third-order valence-corrected chi connectivity index (χ3v) is 6.53. The van der Waals surface area contributed by atoms with Crippen LogP contribution in [-0.4, -0.2) is 63.4 Å². The van der Waals surface area contributed by atoms with Crippen LogP contribution >= 0.6 is 11.6 Å². The number of amides is 1. The van der Waals surface area contributed by atoms with Gasteiger partial charge >= 0.3 is 0 Å². The Morgan fingerprint density at radius 1 is 1.21 bits per heavy atom. The van der Waals surface area contributed by atoms with E-state index in [0.717, 1.165) is 5.56 Å². The molecular weight excluding hydrogens is 525 g/mol. The number of nitrogens with zero attached hydrogens (tertiary/aromatic N) is 5. The van der Waals surface area contributed by atoms with Crippen LogP contribution in [-0.2, 0) is 4.74 Å². The molecule has 3 heterocycles. The van der Waals surface area contributed by atoms with Gasteiger partial charge in [-0.3, -0.25) is 9.36 Å². The summed E-state index contributed by atoms with van der Waals surface area (Å²) in [5.74, 6) is 0.0509. The minimum absolute atomic E-state index is 0.150. The number of anilines is 3. The van der Waals surface area contributed by atoms with Gasteiger partial charge in [0.25, 0.3) is 5.91 Å². The maximum absolute atomic E-state index is 14.5. The predicted octanol–water partition coefficient (Wildman–Crippen LogP) is 3.81. The molecule has 10 nitrogen and oxygen atoms in total. The first-order valence-electron chi connectivity index (χ1n) is 12.4. The molecule has 0 saturated carbocycles. The summed E-state index contributed by atoms with van der Waals surface area (Å²) in [7, 11) is 0. The summed E-state index contributed by atoms with van der Waals surface area (Å²) in [6.07, 6.45) is 4.68. The summed E-state index contributed by atoms with van der Waals surface area (Å²) in [5, 5.41) is 16.2. The Labute approximate surface area is 229 Å². The minimum atomic E-state index is -0.643. The first-order valence-corrected chi connectivity index (χ1v) is 12.7. The Balaban J connectivity index is 1.33. The van der Waals surface area contributed by atoms with Gasteiger partial charge in [0.1, 0.15) is 23.7 Å². The van der Waals surface area contributed by atoms with Crippen molar-refractivity contribution in [2.24, 2.45) is 0 Å². The summed E-state index contributed by atoms with van der Waals surface area (Å²) in [4.78, 5) is 28.0. The molecule has 5 rings (SSSR count). The first-order chi connectivity index (χ1) is 18.9. The van der Waals surface area contributed by atoms with Crippen LogP contribution in [0.1, 0.15) is 27.7 Å². The number of imidazole rings is 1. The highest BCUT2D eigenvalue weighted by atomic mass is 35.5. The molecule has 12 heteroatoms. The highest BCUT2D eigenvalue weighted by Crippen LogP contribution is 2.26. The molecule has 0 radical (unpaired) electrons. The van der Waals surface area contributed by atoms with E-state index >= 15 is 0 Å². The number of benzene rings is 2. The molecule has 0 aliphatic carbocycles. The fourth-order valence-corrected chi connectivity index (χ4v) is 4.47. The standard InChI is InChI=1S/C27H27ClFN7O3/c1-17-13-30-27(32-20-5-6-21(29)24(12-20)35-7-9-39-10-8-35)34-25(17)36-14-22(31-16-36)26(38)33-23(15-37)18-3-2-4-19(28)11-18/h2-6,11-14,16,23,37H,7-10,15H2,1H3,(H,33,38)(H,30,32,34). The lowest BCUT2D eigenvalue weighted by Crippen LogP contribution is -2.36. The number of carbonyl (C=O) groups excluding carboxylic acids is 1. The van der Waals surface area contributed by atoms with Crippen LogP contribution in [0.4, 0.5) is 21.7 Å². The van der Waals surface area contributed by atoms with E-state index in [4.69, 9.17) is 16.3 Å². The number of rotatable bonds is 8. The molecule has 1 aliphatic heterocycles. The van der Waals surface area contributed by atoms with Crippen LogP contribution in [0.2, 0.25) is 5.02 Å². The third kappa shape index (κ3) is 6.17. The van der Waals surface area contributed by atoms with E-state index in [1.54, 1.807) is 53.4 Å². The lowest BCUT2D eigenvalue weighted by Gasteiger charge is -2.29. The van der Waals surface area contributed by atoms with Crippen LogP contribution in [0.25, 0.3) is 5.82 Å². The van der Waals surface area contributed by atoms with Crippen molar-refractivity contribution in [2.45, 2.75) is 13.0 Å². The lowest BCUT2D eigenvalue weighted by atomic mass is 10.1. The zero-order valence-corrected chi connectivity index (χ0v) is 21.9. The number of carbonyl (C=O) groups is 1. The Bertz CT molecular complexity index is 1480. The highest BCUT2D eigenvalue weighted by molar-refractivity contribution is 6.30. The van der Waals surface area contributed by atoms with E-state index in [9.17, 15) is 14.3 Å². The number of hydrogen-bond acceptors (Lipinski definition) is 8. The van der Waals surface area contributed by atoms with E-state index in [-0.39, 0.29) is 18.1 Å². The van der Waals surface area contributed by atoms with Crippen molar-refractivity contribution >= 4 is 34.8 Å². The molecule has 0 bridgehead atoms. The molecule has 1 unspecified atom stereocenters. The van der Waals surface area contributed by atoms with Gasteiger partial charge in [0, 0.05) is 41.8 Å². The number of aromatic nitrogens is 4. The summed E-state index contributed by atoms with van der Waals surface area (Å²) < 4.78 is 21.5. The Kier molecular flexibility index (Phi) is 8.01. The van der Waals surface area contributed by atoms with Crippen molar-refractivity contribution in [2.75, 3.05) is 43.1 Å². The average Bonchev–Trinajstić information content (AvgIpc) is 3.44. The normalized spacial score (nSPS) is 14.2. The van der Waals surface area contributed by atoms with Gasteiger partial charge in [0.15, 0.2) is 0 Å². The summed E-state index contributed by atoms with van der Waals surface area (Å²) >= 11 is 6.05. The average molecular weight is 552 g/mol. The molecule has 0 spiro atoms.